The van der Waals surface area contributed by atoms with E-state index in [0.29, 0.717) is 4.90 Å². The number of ether oxygens (including phenoxy) is 1. The molecule has 2 fully saturated rings. The summed E-state index contributed by atoms with van der Waals surface area (Å²) in [4.78, 5) is 28.2. The minimum absolute atomic E-state index is 0.111. The fourth-order valence-electron chi connectivity index (χ4n) is 4.34. The van der Waals surface area contributed by atoms with Crippen LogP contribution in [-0.2, 0) is 12.4 Å². The van der Waals surface area contributed by atoms with E-state index >= 15 is 0 Å². The van der Waals surface area contributed by atoms with E-state index in [4.69, 9.17) is 28.3 Å². The van der Waals surface area contributed by atoms with Crippen LogP contribution >= 0.6 is 0 Å². The zero-order chi connectivity index (χ0) is 30.5. The van der Waals surface area contributed by atoms with Crippen LogP contribution in [0.15, 0.2) is 36.4 Å². The maximum Gasteiger partial charge on any atom is 0.420 e. The van der Waals surface area contributed by atoms with E-state index in [2.05, 4.69) is 5.32 Å². The van der Waals surface area contributed by atoms with Gasteiger partial charge >= 0.3 is 24.5 Å². The SMILES string of the molecule is [B]C([B])([B])N(C(=O)Oc1c(N2CCN(CC3(O)CNC3)C2=O)cc(C(F)(F)F)cc1C(F)(F)F)c1ccc(F)cc1. The topological polar surface area (TPSA) is 85.3 Å². The van der Waals surface area contributed by atoms with Crippen LogP contribution in [-0.4, -0.2) is 89.2 Å². The van der Waals surface area contributed by atoms with Crippen molar-refractivity contribution in [2.45, 2.75) is 23.2 Å². The maximum absolute atomic E-state index is 14.1. The minimum atomic E-state index is -5.52. The summed E-state index contributed by atoms with van der Waals surface area (Å²) >= 11 is 0. The lowest BCUT2D eigenvalue weighted by Crippen LogP contribution is -2.64. The number of β-amino-alcohol motifs (C(OH)–C–C–N with tert-alkyl or cyclic N) is 1. The van der Waals surface area contributed by atoms with Crippen molar-refractivity contribution in [2.75, 3.05) is 42.5 Å². The molecule has 0 aromatic heterocycles. The number of urea groups is 1. The van der Waals surface area contributed by atoms with Gasteiger partial charge in [-0.05, 0) is 36.4 Å². The molecule has 2 aliphatic rings. The number of halogens is 7. The highest BCUT2D eigenvalue weighted by atomic mass is 19.4. The molecule has 0 atom stereocenters. The number of nitrogens with zero attached hydrogens (tertiary/aromatic N) is 3. The molecule has 2 aromatic carbocycles. The Morgan fingerprint density at radius 2 is 1.63 bits per heavy atom. The van der Waals surface area contributed by atoms with Crippen LogP contribution in [0.2, 0.25) is 0 Å². The monoisotopic (exact) mass is 580 g/mol. The summed E-state index contributed by atoms with van der Waals surface area (Å²) in [7, 11) is 16.8. The van der Waals surface area contributed by atoms with Crippen LogP contribution in [0.1, 0.15) is 11.1 Å². The van der Waals surface area contributed by atoms with Gasteiger partial charge in [0, 0.05) is 31.9 Å². The number of hydrogen-bond donors (Lipinski definition) is 2. The Balaban J connectivity index is 1.82. The van der Waals surface area contributed by atoms with Gasteiger partial charge in [0.2, 0.25) is 0 Å². The van der Waals surface area contributed by atoms with Gasteiger partial charge in [-0.2, -0.15) is 26.3 Å². The van der Waals surface area contributed by atoms with Gasteiger partial charge in [-0.25, -0.2) is 14.0 Å². The normalized spacial score (nSPS) is 17.4. The highest BCUT2D eigenvalue weighted by molar-refractivity contribution is 6.62. The largest absolute Gasteiger partial charge is 0.420 e. The predicted molar refractivity (Wildman–Crippen MR) is 133 cm³/mol. The van der Waals surface area contributed by atoms with Crippen molar-refractivity contribution in [3.8, 4) is 5.75 Å². The molecule has 2 saturated heterocycles. The summed E-state index contributed by atoms with van der Waals surface area (Å²) in [5.41, 5.74) is -6.54. The highest BCUT2D eigenvalue weighted by Crippen LogP contribution is 2.47. The molecule has 0 spiro atoms. The van der Waals surface area contributed by atoms with Crippen molar-refractivity contribution in [1.29, 1.82) is 0 Å². The zero-order valence-electron chi connectivity index (χ0n) is 20.9. The lowest BCUT2D eigenvalue weighted by Gasteiger charge is -2.40. The lowest BCUT2D eigenvalue weighted by atomic mass is 9.48. The van der Waals surface area contributed by atoms with Crippen LogP contribution in [0.4, 0.5) is 51.7 Å². The number of aliphatic hydroxyl groups is 1. The third-order valence-corrected chi connectivity index (χ3v) is 6.33. The smallest absolute Gasteiger partial charge is 0.407 e. The predicted octanol–water partition coefficient (Wildman–Crippen LogP) is 2.56. The molecule has 0 saturated carbocycles. The summed E-state index contributed by atoms with van der Waals surface area (Å²) in [5.74, 6) is -2.24. The van der Waals surface area contributed by atoms with E-state index in [1.807, 2.05) is 0 Å². The van der Waals surface area contributed by atoms with Gasteiger partial charge in [-0.3, -0.25) is 9.80 Å². The van der Waals surface area contributed by atoms with Gasteiger partial charge in [0.05, 0.1) is 41.3 Å². The Kier molecular flexibility index (Phi) is 7.80. The molecule has 6 radical (unpaired) electrons. The molecule has 212 valence electrons. The van der Waals surface area contributed by atoms with Crippen molar-refractivity contribution in [1.82, 2.24) is 10.2 Å². The van der Waals surface area contributed by atoms with E-state index in [1.165, 1.54) is 0 Å². The zero-order valence-corrected chi connectivity index (χ0v) is 20.9. The van der Waals surface area contributed by atoms with Crippen LogP contribution in [0.3, 0.4) is 0 Å². The van der Waals surface area contributed by atoms with E-state index in [9.17, 15) is 45.4 Å². The Bertz CT molecular complexity index is 1330. The van der Waals surface area contributed by atoms with Gasteiger partial charge in [0.1, 0.15) is 17.0 Å². The molecule has 2 N–H and O–H groups in total. The quantitative estimate of drug-likeness (QED) is 0.406. The number of nitrogens with one attached hydrogen (secondary N) is 1. The van der Waals surface area contributed by atoms with Gasteiger partial charge < -0.3 is 20.1 Å². The summed E-state index contributed by atoms with van der Waals surface area (Å²) in [6.07, 6.45) is -12.6. The minimum Gasteiger partial charge on any atom is -0.407 e. The Morgan fingerprint density at radius 3 is 2.12 bits per heavy atom. The van der Waals surface area contributed by atoms with Crippen molar-refractivity contribution < 1.29 is 50.2 Å². The van der Waals surface area contributed by atoms with Crippen LogP contribution < -0.4 is 19.9 Å². The van der Waals surface area contributed by atoms with E-state index in [1.54, 1.807) is 0 Å². The van der Waals surface area contributed by atoms with Crippen molar-refractivity contribution >= 4 is 47.0 Å². The lowest BCUT2D eigenvalue weighted by molar-refractivity contribution is -0.143. The molecule has 2 aromatic rings. The van der Waals surface area contributed by atoms with E-state index < -0.39 is 70.2 Å². The number of alkyl halides is 6. The van der Waals surface area contributed by atoms with Gasteiger partial charge in [-0.1, -0.05) is 5.24 Å². The number of hydrogen-bond acceptors (Lipinski definition) is 5. The number of benzene rings is 2. The van der Waals surface area contributed by atoms with E-state index in [-0.39, 0.29) is 48.9 Å². The summed E-state index contributed by atoms with van der Waals surface area (Å²) in [5, 5.41) is 10.5. The number of carbonyl (C=O) groups excluding carboxylic acids is 2. The van der Waals surface area contributed by atoms with Gasteiger partial charge in [0.15, 0.2) is 5.75 Å². The highest BCUT2D eigenvalue weighted by Gasteiger charge is 2.46. The van der Waals surface area contributed by atoms with Gasteiger partial charge in [-0.15, -0.1) is 0 Å². The van der Waals surface area contributed by atoms with Crippen molar-refractivity contribution in [3.63, 3.8) is 0 Å². The molecule has 41 heavy (non-hydrogen) atoms. The standard InChI is InChI=1S/C23H18B3F7N4O4/c24-23(25,26)37(14-3-1-13(27)2-4-14)19(39)41-17-15(22(31,32)33)7-12(21(28,29)30)8-16(17)36-6-5-35(18(36)38)11-20(40)9-34-10-20/h1-4,7-8,34,40H,5-6,9-11H2. The Hall–Kier alpha value is -3.40. The first-order valence-corrected chi connectivity index (χ1v) is 11.8. The first-order chi connectivity index (χ1) is 18.8. The molecular weight excluding hydrogens is 562 g/mol. The second-order valence-corrected chi connectivity index (χ2v) is 9.62. The van der Waals surface area contributed by atoms with E-state index in [0.717, 1.165) is 29.2 Å². The third-order valence-electron chi connectivity index (χ3n) is 6.33. The van der Waals surface area contributed by atoms with Crippen molar-refractivity contribution in [3.05, 3.63) is 53.3 Å². The molecule has 8 nitrogen and oxygen atoms in total. The number of anilines is 2. The van der Waals surface area contributed by atoms with Crippen LogP contribution in [0, 0.1) is 5.82 Å². The molecule has 4 rings (SSSR count). The summed E-state index contributed by atoms with van der Waals surface area (Å²) in [6.45, 7) is -0.629. The second-order valence-electron chi connectivity index (χ2n) is 9.62. The number of carbonyl (C=O) groups is 2. The second kappa shape index (κ2) is 10.5. The summed E-state index contributed by atoms with van der Waals surface area (Å²) in [6, 6.07) is 2.47. The van der Waals surface area contributed by atoms with Gasteiger partial charge in [0.25, 0.3) is 0 Å². The number of rotatable bonds is 6. The average molecular weight is 580 g/mol. The van der Waals surface area contributed by atoms with Crippen LogP contribution in [0.25, 0.3) is 0 Å². The summed E-state index contributed by atoms with van der Waals surface area (Å²) < 4.78 is 102. The maximum atomic E-state index is 14.1. The van der Waals surface area contributed by atoms with Crippen LogP contribution in [0.5, 0.6) is 5.75 Å². The molecule has 2 aliphatic heterocycles. The first-order valence-electron chi connectivity index (χ1n) is 11.8. The molecule has 0 aliphatic carbocycles. The Labute approximate surface area is 232 Å². The Morgan fingerprint density at radius 1 is 1.02 bits per heavy atom. The molecule has 2 heterocycles. The first kappa shape index (κ1) is 30.6. The molecule has 0 unspecified atom stereocenters. The molecule has 0 bridgehead atoms. The fourth-order valence-corrected chi connectivity index (χ4v) is 4.34. The fraction of sp³-hybridized carbons (Fsp3) is 0.391. The number of amides is 3. The third kappa shape index (κ3) is 6.42. The molecule has 3 amide bonds. The molecular formula is C23H18B3F7N4O4. The molecule has 18 heteroatoms. The average Bonchev–Trinajstić information content (AvgIpc) is 3.16. The van der Waals surface area contributed by atoms with Crippen molar-refractivity contribution in [2.24, 2.45) is 0 Å².